The van der Waals surface area contributed by atoms with E-state index in [1.807, 2.05) is 44.8 Å². The number of nitrogens with zero attached hydrogens (tertiary/aromatic N) is 16. The van der Waals surface area contributed by atoms with Crippen LogP contribution in [0.4, 0.5) is 13.6 Å². The van der Waals surface area contributed by atoms with Crippen molar-refractivity contribution in [1.82, 2.24) is 70.1 Å². The van der Waals surface area contributed by atoms with E-state index in [1.165, 1.54) is 32.6 Å². The van der Waals surface area contributed by atoms with E-state index in [4.69, 9.17) is 20.5 Å². The van der Waals surface area contributed by atoms with Crippen molar-refractivity contribution in [2.24, 2.45) is 20.7 Å². The standard InChI is InChI=1S/C21H20FN9O2.C20H19FN8O.C4H9NOSi.C2H6O/c1-12(28-33-15-4-6-30(11-15)21(23)32)18-9-25-19-20(26-18)31(29-27-19)10-14-7-13-3-2-5-24-17(13)8-16(14)22;1-12(27-30-15-4-6-22-9-15)18-10-24-19-20(25-18)29(28-26-19)11-14-7-13-3-2-5-23-17(13)8-16(14)21;1-7(2,3)5-4-6;1-2-3/h2-3,5,7-9,15H,4,6,10-11H2,1H3,(H2,23,32);2-3,5,7-8,10,15,22H,4,6,9,11H2,1H3;1-3H3;3H,2H2,1H3/b28-12+;27-12+;;/t2*15-;;/m00../s1. The molecule has 23 nitrogen and oxygen atoms in total. The highest BCUT2D eigenvalue weighted by atomic mass is 28.3. The number of aliphatic hydroxyl groups is 1. The molecule has 2 atom stereocenters. The lowest BCUT2D eigenvalue weighted by atomic mass is 10.1. The summed E-state index contributed by atoms with van der Waals surface area (Å²) in [7, 11) is -1.46. The van der Waals surface area contributed by atoms with Crippen LogP contribution in [0.15, 0.2) is 88.3 Å². The SMILES string of the molecule is C/C(=N\O[C@H]1CCN(C(N)=O)C1)c1cnc2nnn(Cc3cc4cccnc4cc3F)c2n1.C/C(=N\O[C@H]1CCNC1)c1cnc2nnn(Cc3cc4cccnc4cc3F)c2n1.CCO.C[Si](C)(C)N=C=O. The molecule has 73 heavy (non-hydrogen) atoms. The fourth-order valence-corrected chi connectivity index (χ4v) is 7.47. The van der Waals surface area contributed by atoms with Crippen LogP contribution < -0.4 is 11.1 Å². The van der Waals surface area contributed by atoms with Gasteiger partial charge in [-0.2, -0.15) is 0 Å². The van der Waals surface area contributed by atoms with Crippen molar-refractivity contribution in [3.05, 3.63) is 107 Å². The van der Waals surface area contributed by atoms with Gasteiger partial charge in [0.25, 0.3) is 0 Å². The minimum atomic E-state index is -1.46. The highest BCUT2D eigenvalue weighted by molar-refractivity contribution is 6.74. The Labute approximate surface area is 417 Å². The quantitative estimate of drug-likeness (QED) is 0.0660. The van der Waals surface area contributed by atoms with Gasteiger partial charge in [-0.05, 0) is 71.2 Å². The van der Waals surface area contributed by atoms with Crippen molar-refractivity contribution in [3.63, 3.8) is 0 Å². The first-order valence-corrected chi connectivity index (χ1v) is 26.6. The van der Waals surface area contributed by atoms with Crippen LogP contribution in [-0.2, 0) is 27.6 Å². The molecule has 10 rings (SSSR count). The zero-order chi connectivity index (χ0) is 52.1. The van der Waals surface area contributed by atoms with Gasteiger partial charge in [0.15, 0.2) is 19.5 Å². The van der Waals surface area contributed by atoms with Crippen molar-refractivity contribution in [2.75, 3.05) is 32.8 Å². The Morgan fingerprint density at radius 1 is 0.822 bits per heavy atom. The number of fused-ring (bicyclic) bond motifs is 4. The largest absolute Gasteiger partial charge is 0.397 e. The summed E-state index contributed by atoms with van der Waals surface area (Å²) in [5, 5.41) is 37.1. The molecular weight excluding hydrogens is 963 g/mol. The summed E-state index contributed by atoms with van der Waals surface area (Å²) >= 11 is 0. The summed E-state index contributed by atoms with van der Waals surface area (Å²) in [6.45, 7) is 14.4. The third-order valence-corrected chi connectivity index (χ3v) is 11.7. The zero-order valence-electron chi connectivity index (χ0n) is 41.0. The van der Waals surface area contributed by atoms with Crippen LogP contribution in [0.3, 0.4) is 0 Å². The van der Waals surface area contributed by atoms with Crippen LogP contribution in [-0.4, -0.2) is 147 Å². The number of nitrogens with two attached hydrogens (primary N) is 1. The number of rotatable bonds is 11. The van der Waals surface area contributed by atoms with Crippen LogP contribution in [0.25, 0.3) is 44.4 Å². The fraction of sp³-hybridized carbons (Fsp3) is 0.362. The topological polar surface area (TPSA) is 290 Å². The number of aromatic nitrogens is 12. The van der Waals surface area contributed by atoms with Crippen molar-refractivity contribution in [2.45, 2.75) is 78.6 Å². The Hall–Kier alpha value is -8.19. The molecule has 2 saturated heterocycles. The Morgan fingerprint density at radius 3 is 1.75 bits per heavy atom. The molecule has 8 heterocycles. The maximum absolute atomic E-state index is 14.6. The van der Waals surface area contributed by atoms with Crippen LogP contribution in [0.5, 0.6) is 0 Å². The fourth-order valence-electron chi connectivity index (χ4n) is 7.19. The molecule has 0 unspecified atom stereocenters. The number of hydrogen-bond acceptors (Lipinski definition) is 19. The van der Waals surface area contributed by atoms with Gasteiger partial charge in [-0.1, -0.05) is 32.9 Å². The molecule has 2 amide bonds. The number of halogens is 2. The number of amides is 2. The average molecular weight is 1020 g/mol. The number of nitrogens with one attached hydrogen (secondary N) is 1. The summed E-state index contributed by atoms with van der Waals surface area (Å²) in [5.41, 5.74) is 11.1. The number of aliphatic hydroxyl groups excluding tert-OH is 1. The van der Waals surface area contributed by atoms with Gasteiger partial charge >= 0.3 is 6.03 Å². The summed E-state index contributed by atoms with van der Waals surface area (Å²) in [5.74, 6) is -0.744. The van der Waals surface area contributed by atoms with E-state index in [0.717, 1.165) is 30.3 Å². The summed E-state index contributed by atoms with van der Waals surface area (Å²) in [6, 6.07) is 13.2. The molecule has 0 bridgehead atoms. The summed E-state index contributed by atoms with van der Waals surface area (Å²) < 4.78 is 35.8. The predicted octanol–water partition coefficient (Wildman–Crippen LogP) is 5.07. The first kappa shape index (κ1) is 52.6. The number of isocyanates is 1. The first-order chi connectivity index (χ1) is 35.1. The van der Waals surface area contributed by atoms with Crippen LogP contribution in [0.2, 0.25) is 19.6 Å². The maximum atomic E-state index is 14.6. The van der Waals surface area contributed by atoms with Crippen molar-refractivity contribution in [1.29, 1.82) is 0 Å². The van der Waals surface area contributed by atoms with Gasteiger partial charge in [-0.3, -0.25) is 9.97 Å². The molecule has 4 N–H and O–H groups in total. The second-order valence-corrected chi connectivity index (χ2v) is 22.2. The molecule has 0 spiro atoms. The highest BCUT2D eigenvalue weighted by Crippen LogP contribution is 2.22. The molecule has 0 radical (unpaired) electrons. The minimum Gasteiger partial charge on any atom is -0.397 e. The lowest BCUT2D eigenvalue weighted by Crippen LogP contribution is -2.34. The average Bonchev–Trinajstić information content (AvgIpc) is 4.22. The van der Waals surface area contributed by atoms with Gasteiger partial charge in [0, 0.05) is 79.0 Å². The van der Waals surface area contributed by atoms with Crippen molar-refractivity contribution in [3.8, 4) is 0 Å². The first-order valence-electron chi connectivity index (χ1n) is 23.2. The lowest BCUT2D eigenvalue weighted by molar-refractivity contribution is 0.0675. The van der Waals surface area contributed by atoms with Crippen LogP contribution in [0.1, 0.15) is 56.1 Å². The third-order valence-electron chi connectivity index (χ3n) is 10.9. The van der Waals surface area contributed by atoms with Gasteiger partial charge < -0.3 is 30.7 Å². The van der Waals surface area contributed by atoms with Crippen molar-refractivity contribution >= 4 is 76.2 Å². The number of oxime groups is 2. The number of pyridine rings is 2. The van der Waals surface area contributed by atoms with Gasteiger partial charge in [0.2, 0.25) is 17.4 Å². The van der Waals surface area contributed by atoms with Gasteiger partial charge in [-0.25, -0.2) is 52.3 Å². The maximum Gasteiger partial charge on any atom is 0.314 e. The monoisotopic (exact) mass is 1020 g/mol. The van der Waals surface area contributed by atoms with Gasteiger partial charge in [0.05, 0.1) is 43.1 Å². The van der Waals surface area contributed by atoms with E-state index in [2.05, 4.69) is 70.8 Å². The molecule has 380 valence electrons. The molecule has 0 aliphatic carbocycles. The zero-order valence-corrected chi connectivity index (χ0v) is 42.0. The predicted molar refractivity (Wildman–Crippen MR) is 269 cm³/mol. The molecule has 0 saturated carbocycles. The van der Waals surface area contributed by atoms with E-state index in [0.29, 0.717) is 87.1 Å². The van der Waals surface area contributed by atoms with E-state index in [1.54, 1.807) is 56.7 Å². The second-order valence-electron chi connectivity index (χ2n) is 17.6. The molecule has 6 aromatic heterocycles. The molecule has 26 heteroatoms. The number of urea groups is 1. The Bertz CT molecular complexity index is 3320. The highest BCUT2D eigenvalue weighted by Gasteiger charge is 2.26. The molecule has 2 fully saturated rings. The molecule has 8 aromatic rings. The Balaban J connectivity index is 0.000000181. The number of benzene rings is 2. The van der Waals surface area contributed by atoms with Gasteiger partial charge in [0.1, 0.15) is 46.7 Å². The van der Waals surface area contributed by atoms with Crippen LogP contribution in [0, 0.1) is 11.6 Å². The number of carbonyl (C=O) groups is 1. The number of hydrogen-bond donors (Lipinski definition) is 3. The van der Waals surface area contributed by atoms with Crippen LogP contribution >= 0.6 is 0 Å². The minimum absolute atomic E-state index is 0.0641. The summed E-state index contributed by atoms with van der Waals surface area (Å²) in [4.78, 5) is 59.5. The van der Waals surface area contributed by atoms with E-state index < -0.39 is 14.3 Å². The van der Waals surface area contributed by atoms with E-state index >= 15 is 0 Å². The van der Waals surface area contributed by atoms with E-state index in [9.17, 15) is 18.4 Å². The van der Waals surface area contributed by atoms with Gasteiger partial charge in [-0.15, -0.1) is 10.2 Å². The normalized spacial score (nSPS) is 15.8. The molecule has 2 aromatic carbocycles. The molecular formula is C47H54F2N18O5Si. The lowest BCUT2D eigenvalue weighted by Gasteiger charge is -2.12. The second kappa shape index (κ2) is 24.3. The third kappa shape index (κ3) is 14.0. The molecule has 2 aliphatic heterocycles. The number of primary amides is 1. The number of likely N-dealkylation sites (tertiary alicyclic amines) is 1. The van der Waals surface area contributed by atoms with Crippen molar-refractivity contribution < 1.29 is 33.2 Å². The number of carbonyl (C=O) groups excluding carboxylic acids is 2. The van der Waals surface area contributed by atoms with E-state index in [-0.39, 0.29) is 43.5 Å². The Morgan fingerprint density at radius 2 is 1.33 bits per heavy atom. The summed E-state index contributed by atoms with van der Waals surface area (Å²) in [6.07, 6.45) is 9.31. The smallest absolute Gasteiger partial charge is 0.314 e. The molecule has 2 aliphatic rings. The Kier molecular flexibility index (Phi) is 17.5.